The third-order valence-electron chi connectivity index (χ3n) is 5.64. The highest BCUT2D eigenvalue weighted by Gasteiger charge is 2.27. The summed E-state index contributed by atoms with van der Waals surface area (Å²) >= 11 is 0. The van der Waals surface area contributed by atoms with Crippen molar-refractivity contribution in [3.8, 4) is 0 Å². The van der Waals surface area contributed by atoms with Crippen molar-refractivity contribution in [3.05, 3.63) is 35.6 Å². The minimum atomic E-state index is 0.486. The molecular formula is C22H38N2O. The molecule has 0 aromatic rings. The van der Waals surface area contributed by atoms with Crippen LogP contribution in [0.25, 0.3) is 0 Å². The Morgan fingerprint density at radius 2 is 1.96 bits per heavy atom. The van der Waals surface area contributed by atoms with Crippen molar-refractivity contribution in [1.82, 2.24) is 9.80 Å². The van der Waals surface area contributed by atoms with E-state index in [1.54, 1.807) is 0 Å². The predicted octanol–water partition coefficient (Wildman–Crippen LogP) is 4.77. The lowest BCUT2D eigenvalue weighted by molar-refractivity contribution is 0.160. The Balaban J connectivity index is 1.97. The van der Waals surface area contributed by atoms with E-state index in [0.29, 0.717) is 6.04 Å². The van der Waals surface area contributed by atoms with E-state index < -0.39 is 0 Å². The number of rotatable bonds is 8. The first-order chi connectivity index (χ1) is 12.2. The molecule has 0 amide bonds. The molecule has 0 N–H and O–H groups in total. The number of ether oxygens (including phenoxy) is 1. The Hall–Kier alpha value is -1.06. The van der Waals surface area contributed by atoms with Gasteiger partial charge in [0.25, 0.3) is 0 Å². The van der Waals surface area contributed by atoms with Gasteiger partial charge in [-0.2, -0.15) is 0 Å². The first kappa shape index (κ1) is 20.3. The van der Waals surface area contributed by atoms with Crippen LogP contribution in [0.5, 0.6) is 0 Å². The van der Waals surface area contributed by atoms with Crippen molar-refractivity contribution in [1.29, 1.82) is 0 Å². The highest BCUT2D eigenvalue weighted by Crippen LogP contribution is 2.32. The maximum atomic E-state index is 6.29. The van der Waals surface area contributed by atoms with Crippen LogP contribution in [0.2, 0.25) is 0 Å². The van der Waals surface area contributed by atoms with Gasteiger partial charge in [0.2, 0.25) is 0 Å². The van der Waals surface area contributed by atoms with Crippen LogP contribution in [0.15, 0.2) is 35.6 Å². The molecule has 142 valence electrons. The SMILES string of the molecule is C=C/C=C1\C(=C(/CC)OCCCN2CCCCC2)CCN(C)[C@H]1CC. The fraction of sp³-hybridized carbons (Fsp3) is 0.727. The molecular weight excluding hydrogens is 308 g/mol. The average molecular weight is 347 g/mol. The maximum Gasteiger partial charge on any atom is 0.0992 e. The highest BCUT2D eigenvalue weighted by atomic mass is 16.5. The molecule has 25 heavy (non-hydrogen) atoms. The van der Waals surface area contributed by atoms with E-state index in [0.717, 1.165) is 38.8 Å². The van der Waals surface area contributed by atoms with Gasteiger partial charge in [-0.25, -0.2) is 0 Å². The van der Waals surface area contributed by atoms with E-state index >= 15 is 0 Å². The van der Waals surface area contributed by atoms with Crippen LogP contribution in [-0.4, -0.2) is 55.7 Å². The maximum absolute atomic E-state index is 6.29. The van der Waals surface area contributed by atoms with E-state index in [4.69, 9.17) is 4.74 Å². The van der Waals surface area contributed by atoms with Crippen molar-refractivity contribution in [2.24, 2.45) is 0 Å². The molecule has 2 rings (SSSR count). The zero-order valence-electron chi connectivity index (χ0n) is 16.7. The van der Waals surface area contributed by atoms with Crippen molar-refractivity contribution in [2.45, 2.75) is 64.8 Å². The summed E-state index contributed by atoms with van der Waals surface area (Å²) < 4.78 is 6.29. The van der Waals surface area contributed by atoms with Gasteiger partial charge in [0, 0.05) is 25.6 Å². The lowest BCUT2D eigenvalue weighted by atomic mass is 9.87. The second kappa shape index (κ2) is 10.8. The molecule has 0 unspecified atom stereocenters. The predicted molar refractivity (Wildman–Crippen MR) is 108 cm³/mol. The van der Waals surface area contributed by atoms with Gasteiger partial charge in [0.1, 0.15) is 0 Å². The molecule has 1 atom stereocenters. The van der Waals surface area contributed by atoms with Crippen LogP contribution in [-0.2, 0) is 4.74 Å². The number of nitrogens with zero attached hydrogens (tertiary/aromatic N) is 2. The molecule has 0 saturated carbocycles. The largest absolute Gasteiger partial charge is 0.498 e. The van der Waals surface area contributed by atoms with Gasteiger partial charge in [0.15, 0.2) is 0 Å². The molecule has 3 nitrogen and oxygen atoms in total. The Kier molecular flexibility index (Phi) is 8.77. The van der Waals surface area contributed by atoms with Crippen LogP contribution in [0.3, 0.4) is 0 Å². The highest BCUT2D eigenvalue weighted by molar-refractivity contribution is 5.41. The summed E-state index contributed by atoms with van der Waals surface area (Å²) in [6.07, 6.45) is 12.6. The third-order valence-corrected chi connectivity index (χ3v) is 5.64. The third kappa shape index (κ3) is 5.72. The molecule has 2 aliphatic rings. The van der Waals surface area contributed by atoms with Gasteiger partial charge in [0.05, 0.1) is 12.4 Å². The van der Waals surface area contributed by atoms with E-state index in [9.17, 15) is 0 Å². The van der Waals surface area contributed by atoms with E-state index in [2.05, 4.69) is 43.3 Å². The van der Waals surface area contributed by atoms with Gasteiger partial charge >= 0.3 is 0 Å². The van der Waals surface area contributed by atoms with Gasteiger partial charge in [-0.1, -0.05) is 39.0 Å². The molecule has 0 spiro atoms. The topological polar surface area (TPSA) is 15.7 Å². The molecule has 0 aromatic heterocycles. The summed E-state index contributed by atoms with van der Waals surface area (Å²) in [5.74, 6) is 1.21. The molecule has 2 heterocycles. The number of piperidine rings is 2. The molecule has 2 aliphatic heterocycles. The zero-order valence-corrected chi connectivity index (χ0v) is 16.7. The number of likely N-dealkylation sites (tertiary alicyclic amines) is 2. The molecule has 0 aromatic carbocycles. The van der Waals surface area contributed by atoms with Crippen LogP contribution in [0, 0.1) is 0 Å². The van der Waals surface area contributed by atoms with Crippen LogP contribution in [0.4, 0.5) is 0 Å². The van der Waals surface area contributed by atoms with E-state index in [-0.39, 0.29) is 0 Å². The molecule has 2 saturated heterocycles. The second-order valence-corrected chi connectivity index (χ2v) is 7.37. The van der Waals surface area contributed by atoms with E-state index in [1.807, 2.05) is 6.08 Å². The number of hydrogen-bond acceptors (Lipinski definition) is 3. The molecule has 0 aliphatic carbocycles. The van der Waals surface area contributed by atoms with E-state index in [1.165, 1.54) is 55.8 Å². The fourth-order valence-electron chi connectivity index (χ4n) is 4.27. The summed E-state index contributed by atoms with van der Waals surface area (Å²) in [6, 6.07) is 0.486. The summed E-state index contributed by atoms with van der Waals surface area (Å²) in [7, 11) is 2.23. The van der Waals surface area contributed by atoms with Crippen molar-refractivity contribution in [3.63, 3.8) is 0 Å². The monoisotopic (exact) mass is 346 g/mol. The van der Waals surface area contributed by atoms with Gasteiger partial charge in [-0.15, -0.1) is 0 Å². The minimum absolute atomic E-state index is 0.486. The first-order valence-corrected chi connectivity index (χ1v) is 10.3. The van der Waals surface area contributed by atoms with Crippen molar-refractivity contribution < 1.29 is 4.74 Å². The summed E-state index contributed by atoms with van der Waals surface area (Å²) in [4.78, 5) is 5.06. The smallest absolute Gasteiger partial charge is 0.0992 e. The lowest BCUT2D eigenvalue weighted by Gasteiger charge is -2.37. The summed E-state index contributed by atoms with van der Waals surface area (Å²) in [6.45, 7) is 14.1. The van der Waals surface area contributed by atoms with Crippen LogP contribution >= 0.6 is 0 Å². The van der Waals surface area contributed by atoms with Crippen LogP contribution in [0.1, 0.15) is 58.8 Å². The van der Waals surface area contributed by atoms with Crippen molar-refractivity contribution >= 4 is 0 Å². The van der Waals surface area contributed by atoms with Crippen molar-refractivity contribution in [2.75, 3.05) is 39.8 Å². The fourth-order valence-corrected chi connectivity index (χ4v) is 4.27. The Bertz CT molecular complexity index is 474. The minimum Gasteiger partial charge on any atom is -0.498 e. The van der Waals surface area contributed by atoms with Gasteiger partial charge in [-0.3, -0.25) is 4.90 Å². The molecule has 3 heteroatoms. The molecule has 0 radical (unpaired) electrons. The number of likely N-dealkylation sites (N-methyl/N-ethyl adjacent to an activating group) is 1. The summed E-state index contributed by atoms with van der Waals surface area (Å²) in [5.41, 5.74) is 2.85. The van der Waals surface area contributed by atoms with Crippen LogP contribution < -0.4 is 0 Å². The Labute approximate surface area is 155 Å². The second-order valence-electron chi connectivity index (χ2n) is 7.37. The molecule has 0 bridgehead atoms. The van der Waals surface area contributed by atoms with Gasteiger partial charge in [-0.05, 0) is 63.4 Å². The Morgan fingerprint density at radius 3 is 2.60 bits per heavy atom. The summed E-state index contributed by atoms with van der Waals surface area (Å²) in [5, 5.41) is 0. The standard InChI is InChI=1S/C22H38N2O/c1-5-12-19-20(13-17-23(4)21(19)6-2)22(7-3)25-18-11-16-24-14-9-8-10-15-24/h5,12,21H,1,6-11,13-18H2,2-4H3/b19-12+,22-20+/t21-/m0/s1. The Morgan fingerprint density at radius 1 is 1.20 bits per heavy atom. The number of hydrogen-bond donors (Lipinski definition) is 0. The first-order valence-electron chi connectivity index (χ1n) is 10.3. The quantitative estimate of drug-likeness (QED) is 0.465. The molecule has 2 fully saturated rings. The number of allylic oxidation sites excluding steroid dienone is 3. The normalized spacial score (nSPS) is 26.7. The van der Waals surface area contributed by atoms with Gasteiger partial charge < -0.3 is 9.64 Å². The average Bonchev–Trinajstić information content (AvgIpc) is 2.64. The lowest BCUT2D eigenvalue weighted by Crippen LogP contribution is -2.39. The zero-order chi connectivity index (χ0) is 18.1.